The summed E-state index contributed by atoms with van der Waals surface area (Å²) in [5.74, 6) is -0.222. The quantitative estimate of drug-likeness (QED) is 0.0251. The van der Waals surface area contributed by atoms with Gasteiger partial charge < -0.3 is 35.2 Å². The summed E-state index contributed by atoms with van der Waals surface area (Å²) in [6.07, 6.45) is 45.5. The van der Waals surface area contributed by atoms with Crippen molar-refractivity contribution in [3.8, 4) is 0 Å². The van der Waals surface area contributed by atoms with Crippen LogP contribution in [0.15, 0.2) is 0 Å². The molecule has 12 nitrogen and oxygen atoms in total. The molecule has 0 aromatic rings. The molecule has 412 valence electrons. The molecule has 1 saturated heterocycles. The van der Waals surface area contributed by atoms with E-state index in [4.69, 9.17) is 9.47 Å². The number of hydrogen-bond acceptors (Lipinski definition) is 10. The first-order valence-electron chi connectivity index (χ1n) is 29.4. The van der Waals surface area contributed by atoms with E-state index in [9.17, 15) is 38.2 Å². The van der Waals surface area contributed by atoms with E-state index in [2.05, 4.69) is 23.3 Å². The van der Waals surface area contributed by atoms with Crippen molar-refractivity contribution in [1.29, 1.82) is 0 Å². The molecule has 0 bridgehead atoms. The SMILES string of the molecule is CCCCCCCCCCCCCCCCCCCCCCCCCCCCCCC(=O)NC(COC1OC(CO)C(O)C(OS(=O)(=O)O)C1O)C(O)CCCCCCCCCCCCCCCC. The van der Waals surface area contributed by atoms with Crippen LogP contribution in [0.1, 0.15) is 296 Å². The van der Waals surface area contributed by atoms with Gasteiger partial charge in [-0.2, -0.15) is 8.42 Å². The molecule has 6 N–H and O–H groups in total. The molecule has 1 heterocycles. The highest BCUT2D eigenvalue weighted by molar-refractivity contribution is 7.80. The van der Waals surface area contributed by atoms with Crippen LogP contribution in [0.25, 0.3) is 0 Å². The monoisotopic (exact) mass is 1010 g/mol. The number of amides is 1. The molecule has 0 radical (unpaired) electrons. The summed E-state index contributed by atoms with van der Waals surface area (Å²) in [4.78, 5) is 13.1. The molecule has 0 aliphatic carbocycles. The molecule has 1 amide bonds. The van der Waals surface area contributed by atoms with Crippen molar-refractivity contribution in [2.24, 2.45) is 0 Å². The lowest BCUT2D eigenvalue weighted by Gasteiger charge is -2.41. The molecular formula is C56H111NO11S. The fourth-order valence-electron chi connectivity index (χ4n) is 9.88. The van der Waals surface area contributed by atoms with E-state index in [0.717, 1.165) is 51.4 Å². The van der Waals surface area contributed by atoms with Gasteiger partial charge in [0.1, 0.15) is 24.4 Å². The zero-order valence-electron chi connectivity index (χ0n) is 44.7. The van der Waals surface area contributed by atoms with Gasteiger partial charge in [0.05, 0.1) is 25.4 Å². The lowest BCUT2D eigenvalue weighted by Crippen LogP contribution is -2.61. The molecular weight excluding hydrogens is 895 g/mol. The third kappa shape index (κ3) is 39.3. The van der Waals surface area contributed by atoms with Crippen LogP contribution >= 0.6 is 0 Å². The van der Waals surface area contributed by atoms with Crippen molar-refractivity contribution in [2.45, 2.75) is 339 Å². The highest BCUT2D eigenvalue weighted by Crippen LogP contribution is 2.26. The predicted octanol–water partition coefficient (Wildman–Crippen LogP) is 13.7. The van der Waals surface area contributed by atoms with E-state index < -0.39 is 59.9 Å². The van der Waals surface area contributed by atoms with Gasteiger partial charge in [0, 0.05) is 6.42 Å². The van der Waals surface area contributed by atoms with Crippen molar-refractivity contribution in [3.05, 3.63) is 0 Å². The number of carbonyl (C=O) groups is 1. The molecule has 0 aromatic heterocycles. The largest absolute Gasteiger partial charge is 0.397 e. The molecule has 7 atom stereocenters. The van der Waals surface area contributed by atoms with Crippen LogP contribution < -0.4 is 5.32 Å². The Morgan fingerprint density at radius 3 is 1.16 bits per heavy atom. The van der Waals surface area contributed by atoms with Crippen LogP contribution in [-0.4, -0.2) is 95.4 Å². The maximum Gasteiger partial charge on any atom is 0.397 e. The van der Waals surface area contributed by atoms with Gasteiger partial charge in [-0.15, -0.1) is 0 Å². The summed E-state index contributed by atoms with van der Waals surface area (Å²) in [5, 5.41) is 45.1. The van der Waals surface area contributed by atoms with Crippen molar-refractivity contribution < 1.29 is 51.8 Å². The van der Waals surface area contributed by atoms with E-state index in [1.165, 1.54) is 218 Å². The van der Waals surface area contributed by atoms with Gasteiger partial charge in [-0.05, 0) is 12.8 Å². The van der Waals surface area contributed by atoms with Crippen LogP contribution in [0.2, 0.25) is 0 Å². The smallest absolute Gasteiger partial charge is 0.394 e. The van der Waals surface area contributed by atoms with Crippen LogP contribution in [0, 0.1) is 0 Å². The molecule has 1 aliphatic rings. The summed E-state index contributed by atoms with van der Waals surface area (Å²) in [5.41, 5.74) is 0. The predicted molar refractivity (Wildman–Crippen MR) is 283 cm³/mol. The lowest BCUT2D eigenvalue weighted by atomic mass is 9.99. The Bertz CT molecular complexity index is 1230. The first-order chi connectivity index (χ1) is 33.5. The van der Waals surface area contributed by atoms with E-state index in [-0.39, 0.29) is 12.5 Å². The van der Waals surface area contributed by atoms with Gasteiger partial charge in [-0.25, -0.2) is 4.18 Å². The van der Waals surface area contributed by atoms with Crippen LogP contribution in [0.3, 0.4) is 0 Å². The zero-order valence-corrected chi connectivity index (χ0v) is 45.5. The molecule has 0 aromatic carbocycles. The van der Waals surface area contributed by atoms with Crippen molar-refractivity contribution in [1.82, 2.24) is 5.32 Å². The molecule has 13 heteroatoms. The number of nitrogens with one attached hydrogen (secondary N) is 1. The number of unbranched alkanes of at least 4 members (excludes halogenated alkanes) is 40. The van der Waals surface area contributed by atoms with Gasteiger partial charge >= 0.3 is 10.4 Å². The summed E-state index contributed by atoms with van der Waals surface area (Å²) in [6, 6.07) is -0.852. The summed E-state index contributed by atoms with van der Waals surface area (Å²) in [6.45, 7) is 3.49. The number of rotatable bonds is 52. The summed E-state index contributed by atoms with van der Waals surface area (Å²) >= 11 is 0. The minimum absolute atomic E-state index is 0.222. The van der Waals surface area contributed by atoms with Gasteiger partial charge in [0.2, 0.25) is 5.91 Å². The van der Waals surface area contributed by atoms with Gasteiger partial charge in [-0.1, -0.05) is 277 Å². The van der Waals surface area contributed by atoms with Gasteiger partial charge in [0.25, 0.3) is 0 Å². The van der Waals surface area contributed by atoms with Gasteiger partial charge in [-0.3, -0.25) is 9.35 Å². The Morgan fingerprint density at radius 2 is 0.841 bits per heavy atom. The molecule has 0 saturated carbocycles. The highest BCUT2D eigenvalue weighted by Gasteiger charge is 2.48. The topological polar surface area (TPSA) is 192 Å². The molecule has 1 aliphatic heterocycles. The Hall–Kier alpha value is -0.900. The standard InChI is InChI=1S/C56H111NO11S/c1-3-5-7-9-11-13-15-17-19-20-21-22-23-24-25-26-27-28-29-30-31-32-34-36-38-40-42-44-46-52(60)57-49(48-66-56-54(62)55(68-69(63,64)65)53(61)51(47-58)67-56)50(59)45-43-41-39-37-35-33-18-16-14-12-10-8-6-4-2/h49-51,53-56,58-59,61-62H,3-48H2,1-2H3,(H,57,60)(H,63,64,65). The Morgan fingerprint density at radius 1 is 0.522 bits per heavy atom. The normalized spacial score (nSPS) is 19.6. The Balaban J connectivity index is 2.26. The first kappa shape index (κ1) is 66.1. The third-order valence-electron chi connectivity index (χ3n) is 14.4. The second-order valence-electron chi connectivity index (χ2n) is 21.0. The number of carbonyl (C=O) groups excluding carboxylic acids is 1. The number of ether oxygens (including phenoxy) is 2. The fraction of sp³-hybridized carbons (Fsp3) is 0.982. The van der Waals surface area contributed by atoms with Gasteiger partial charge in [0.15, 0.2) is 6.29 Å². The maximum atomic E-state index is 13.1. The Labute approximate surface area is 424 Å². The number of aliphatic hydroxyl groups excluding tert-OH is 4. The van der Waals surface area contributed by atoms with Crippen molar-refractivity contribution >= 4 is 16.3 Å². The molecule has 1 fully saturated rings. The zero-order chi connectivity index (χ0) is 50.5. The van der Waals surface area contributed by atoms with Crippen LogP contribution in [0.5, 0.6) is 0 Å². The average molecular weight is 1010 g/mol. The molecule has 69 heavy (non-hydrogen) atoms. The number of aliphatic hydroxyl groups is 4. The third-order valence-corrected chi connectivity index (χ3v) is 14.9. The average Bonchev–Trinajstić information content (AvgIpc) is 3.32. The van der Waals surface area contributed by atoms with E-state index in [1.54, 1.807) is 0 Å². The summed E-state index contributed by atoms with van der Waals surface area (Å²) in [7, 11) is -5.08. The van der Waals surface area contributed by atoms with Crippen LogP contribution in [-0.2, 0) is 28.9 Å². The van der Waals surface area contributed by atoms with Crippen LogP contribution in [0.4, 0.5) is 0 Å². The second kappa shape index (κ2) is 46.9. The first-order valence-corrected chi connectivity index (χ1v) is 30.8. The van der Waals surface area contributed by atoms with E-state index in [0.29, 0.717) is 12.8 Å². The maximum absolute atomic E-state index is 13.1. The van der Waals surface area contributed by atoms with Crippen molar-refractivity contribution in [3.63, 3.8) is 0 Å². The molecule has 1 rings (SSSR count). The minimum Gasteiger partial charge on any atom is -0.394 e. The number of hydrogen-bond donors (Lipinski definition) is 6. The van der Waals surface area contributed by atoms with Crippen molar-refractivity contribution in [2.75, 3.05) is 13.2 Å². The molecule has 0 spiro atoms. The highest BCUT2D eigenvalue weighted by atomic mass is 32.3. The lowest BCUT2D eigenvalue weighted by molar-refractivity contribution is -0.298. The van der Waals surface area contributed by atoms with E-state index in [1.807, 2.05) is 0 Å². The molecule has 7 unspecified atom stereocenters. The second-order valence-corrected chi connectivity index (χ2v) is 22.0. The minimum atomic E-state index is -5.08. The van der Waals surface area contributed by atoms with E-state index >= 15 is 0 Å². The Kier molecular flexibility index (Phi) is 44.9. The summed E-state index contributed by atoms with van der Waals surface area (Å²) < 4.78 is 47.9. The fourth-order valence-corrected chi connectivity index (χ4v) is 10.4.